The molecule has 1 aliphatic heterocycles. The van der Waals surface area contributed by atoms with E-state index < -0.39 is 0 Å². The lowest BCUT2D eigenvalue weighted by atomic mass is 10.0. The summed E-state index contributed by atoms with van der Waals surface area (Å²) in [4.78, 5) is 29.6. The first-order valence-electron chi connectivity index (χ1n) is 9.44. The van der Waals surface area contributed by atoms with Gasteiger partial charge in [-0.3, -0.25) is 14.5 Å². The van der Waals surface area contributed by atoms with Gasteiger partial charge in [0.15, 0.2) is 0 Å². The molecule has 1 fully saturated rings. The molecule has 1 aliphatic rings. The Morgan fingerprint density at radius 1 is 1.22 bits per heavy atom. The zero-order chi connectivity index (χ0) is 19.4. The molecule has 2 heterocycles. The third kappa shape index (κ3) is 4.83. The van der Waals surface area contributed by atoms with Crippen LogP contribution in [0.1, 0.15) is 54.2 Å². The molecule has 1 aromatic heterocycles. The highest BCUT2D eigenvalue weighted by Gasteiger charge is 2.22. The average molecular weight is 371 g/mol. The van der Waals surface area contributed by atoms with E-state index in [2.05, 4.69) is 15.2 Å². The average Bonchev–Trinajstić information content (AvgIpc) is 2.65. The van der Waals surface area contributed by atoms with Crippen molar-refractivity contribution in [3.63, 3.8) is 0 Å². The van der Waals surface area contributed by atoms with E-state index in [9.17, 15) is 14.0 Å². The molecule has 1 aromatic carbocycles. The quantitative estimate of drug-likeness (QED) is 0.849. The van der Waals surface area contributed by atoms with Crippen molar-refractivity contribution < 1.29 is 9.18 Å². The molecular formula is C21H26FN3O2. The van der Waals surface area contributed by atoms with Crippen molar-refractivity contribution in [1.82, 2.24) is 15.2 Å². The first kappa shape index (κ1) is 19.3. The van der Waals surface area contributed by atoms with Crippen molar-refractivity contribution in [3.8, 4) is 0 Å². The Hall–Kier alpha value is -2.47. The number of aromatic amines is 1. The van der Waals surface area contributed by atoms with E-state index in [1.807, 2.05) is 19.9 Å². The second-order valence-electron chi connectivity index (χ2n) is 7.43. The Morgan fingerprint density at radius 3 is 2.56 bits per heavy atom. The molecule has 6 heteroatoms. The lowest BCUT2D eigenvalue weighted by molar-refractivity contribution is 0.0907. The van der Waals surface area contributed by atoms with Crippen LogP contribution in [-0.2, 0) is 6.54 Å². The number of piperidine rings is 1. The van der Waals surface area contributed by atoms with E-state index in [0.29, 0.717) is 12.1 Å². The molecule has 0 bridgehead atoms. The third-order valence-electron chi connectivity index (χ3n) is 5.07. The highest BCUT2D eigenvalue weighted by Crippen LogP contribution is 2.16. The fraction of sp³-hybridized carbons (Fsp3) is 0.429. The van der Waals surface area contributed by atoms with Crippen molar-refractivity contribution >= 4 is 5.91 Å². The van der Waals surface area contributed by atoms with Gasteiger partial charge in [-0.2, -0.15) is 0 Å². The monoisotopic (exact) mass is 371 g/mol. The van der Waals surface area contributed by atoms with Gasteiger partial charge in [0.05, 0.1) is 0 Å². The van der Waals surface area contributed by atoms with E-state index in [1.165, 1.54) is 6.07 Å². The number of hydrogen-bond donors (Lipinski definition) is 2. The maximum absolute atomic E-state index is 13.8. The standard InChI is InChI=1S/C21H26FN3O2/c1-14(2)19-8-7-17(21(27)24-19)20(26)23-16-9-11-25(12-10-16)13-15-5-3-4-6-18(15)22/h3-8,14,16H,9-13H2,1-2H3,(H,23,26)(H,24,27). The van der Waals surface area contributed by atoms with Gasteiger partial charge in [0, 0.05) is 36.9 Å². The molecule has 0 atom stereocenters. The van der Waals surface area contributed by atoms with Crippen LogP contribution >= 0.6 is 0 Å². The predicted octanol–water partition coefficient (Wildman–Crippen LogP) is 3.03. The highest BCUT2D eigenvalue weighted by molar-refractivity contribution is 5.94. The number of carbonyl (C=O) groups excluding carboxylic acids is 1. The number of nitrogens with zero attached hydrogens (tertiary/aromatic N) is 1. The number of benzene rings is 1. The zero-order valence-electron chi connectivity index (χ0n) is 15.8. The minimum absolute atomic E-state index is 0.0264. The van der Waals surface area contributed by atoms with Crippen molar-refractivity contribution in [2.45, 2.75) is 45.2 Å². The smallest absolute Gasteiger partial charge is 0.261 e. The topological polar surface area (TPSA) is 65.2 Å². The maximum Gasteiger partial charge on any atom is 0.261 e. The van der Waals surface area contributed by atoms with Crippen LogP contribution in [0.2, 0.25) is 0 Å². The summed E-state index contributed by atoms with van der Waals surface area (Å²) in [5.74, 6) is -0.315. The number of amides is 1. The van der Waals surface area contributed by atoms with Crippen molar-refractivity contribution in [3.05, 3.63) is 69.4 Å². The summed E-state index contributed by atoms with van der Waals surface area (Å²) in [5.41, 5.74) is 1.30. The molecule has 1 saturated heterocycles. The zero-order valence-corrected chi connectivity index (χ0v) is 15.8. The van der Waals surface area contributed by atoms with Crippen LogP contribution in [0.15, 0.2) is 41.2 Å². The van der Waals surface area contributed by atoms with E-state index in [0.717, 1.165) is 31.6 Å². The van der Waals surface area contributed by atoms with Crippen LogP contribution in [0, 0.1) is 5.82 Å². The van der Waals surface area contributed by atoms with Crippen LogP contribution in [-0.4, -0.2) is 34.9 Å². The summed E-state index contributed by atoms with van der Waals surface area (Å²) in [6.45, 7) is 6.10. The summed E-state index contributed by atoms with van der Waals surface area (Å²) in [6.07, 6.45) is 1.56. The molecule has 3 rings (SSSR count). The second-order valence-corrected chi connectivity index (χ2v) is 7.43. The minimum atomic E-state index is -0.351. The maximum atomic E-state index is 13.8. The Morgan fingerprint density at radius 2 is 1.93 bits per heavy atom. The minimum Gasteiger partial charge on any atom is -0.349 e. The lowest BCUT2D eigenvalue weighted by Crippen LogP contribution is -2.45. The van der Waals surface area contributed by atoms with Gasteiger partial charge in [0.1, 0.15) is 11.4 Å². The van der Waals surface area contributed by atoms with E-state index in [4.69, 9.17) is 0 Å². The fourth-order valence-electron chi connectivity index (χ4n) is 3.37. The Kier molecular flexibility index (Phi) is 6.06. The number of likely N-dealkylation sites (tertiary alicyclic amines) is 1. The number of rotatable bonds is 5. The number of carbonyl (C=O) groups is 1. The number of halogens is 1. The SMILES string of the molecule is CC(C)c1ccc(C(=O)NC2CCN(Cc3ccccc3F)CC2)c(=O)[nH]1. The van der Waals surface area contributed by atoms with Crippen molar-refractivity contribution in [1.29, 1.82) is 0 Å². The molecule has 144 valence electrons. The van der Waals surface area contributed by atoms with Gasteiger partial charge in [-0.25, -0.2) is 4.39 Å². The van der Waals surface area contributed by atoms with E-state index in [1.54, 1.807) is 24.3 Å². The van der Waals surface area contributed by atoms with E-state index >= 15 is 0 Å². The van der Waals surface area contributed by atoms with Gasteiger partial charge in [-0.05, 0) is 37.0 Å². The Balaban J connectivity index is 1.54. The fourth-order valence-corrected chi connectivity index (χ4v) is 3.37. The third-order valence-corrected chi connectivity index (χ3v) is 5.07. The highest BCUT2D eigenvalue weighted by atomic mass is 19.1. The molecule has 0 unspecified atom stereocenters. The molecule has 5 nitrogen and oxygen atoms in total. The normalized spacial score (nSPS) is 15.9. The molecule has 0 saturated carbocycles. The van der Waals surface area contributed by atoms with E-state index in [-0.39, 0.29) is 34.8 Å². The number of aromatic nitrogens is 1. The molecule has 1 amide bonds. The van der Waals surface area contributed by atoms with Crippen LogP contribution < -0.4 is 10.9 Å². The lowest BCUT2D eigenvalue weighted by Gasteiger charge is -2.32. The van der Waals surface area contributed by atoms with Gasteiger partial charge in [-0.1, -0.05) is 32.0 Å². The second kappa shape index (κ2) is 8.48. The van der Waals surface area contributed by atoms with Gasteiger partial charge < -0.3 is 10.3 Å². The van der Waals surface area contributed by atoms with Crippen molar-refractivity contribution in [2.75, 3.05) is 13.1 Å². The van der Waals surface area contributed by atoms with Gasteiger partial charge in [0.2, 0.25) is 0 Å². The first-order chi connectivity index (χ1) is 12.9. The summed E-state index contributed by atoms with van der Waals surface area (Å²) >= 11 is 0. The predicted molar refractivity (Wildman–Crippen MR) is 103 cm³/mol. The van der Waals surface area contributed by atoms with Crippen LogP contribution in [0.25, 0.3) is 0 Å². The summed E-state index contributed by atoms with van der Waals surface area (Å²) in [5, 5.41) is 2.96. The molecule has 0 spiro atoms. The van der Waals surface area contributed by atoms with Gasteiger partial charge in [0.25, 0.3) is 11.5 Å². The Bertz CT molecular complexity index is 855. The van der Waals surface area contributed by atoms with Crippen molar-refractivity contribution in [2.24, 2.45) is 0 Å². The largest absolute Gasteiger partial charge is 0.349 e. The Labute approximate surface area is 158 Å². The summed E-state index contributed by atoms with van der Waals surface area (Å²) in [6, 6.07) is 10.2. The van der Waals surface area contributed by atoms with Gasteiger partial charge >= 0.3 is 0 Å². The van der Waals surface area contributed by atoms with Crippen LogP contribution in [0.4, 0.5) is 4.39 Å². The number of H-pyrrole nitrogens is 1. The number of nitrogens with one attached hydrogen (secondary N) is 2. The molecule has 2 N–H and O–H groups in total. The number of pyridine rings is 1. The summed E-state index contributed by atoms with van der Waals surface area (Å²) in [7, 11) is 0. The molecule has 27 heavy (non-hydrogen) atoms. The molecule has 0 radical (unpaired) electrons. The summed E-state index contributed by atoms with van der Waals surface area (Å²) < 4.78 is 13.8. The van der Waals surface area contributed by atoms with Gasteiger partial charge in [-0.15, -0.1) is 0 Å². The van der Waals surface area contributed by atoms with Crippen LogP contribution in [0.5, 0.6) is 0 Å². The van der Waals surface area contributed by atoms with Crippen LogP contribution in [0.3, 0.4) is 0 Å². The number of hydrogen-bond acceptors (Lipinski definition) is 3. The first-order valence-corrected chi connectivity index (χ1v) is 9.44. The molecular weight excluding hydrogens is 345 g/mol. The molecule has 0 aliphatic carbocycles. The molecule has 2 aromatic rings.